The summed E-state index contributed by atoms with van der Waals surface area (Å²) in [7, 11) is 0. The molecule has 8 nitrogen and oxygen atoms in total. The van der Waals surface area contributed by atoms with Crippen LogP contribution in [0.3, 0.4) is 0 Å². The maximum atomic E-state index is 12.4. The molecule has 0 aliphatic rings. The first-order valence-corrected chi connectivity index (χ1v) is 8.50. The lowest BCUT2D eigenvalue weighted by atomic mass is 10.1. The minimum absolute atomic E-state index is 0.00576. The monoisotopic (exact) mass is 444 g/mol. The molecule has 0 fully saturated rings. The summed E-state index contributed by atoms with van der Waals surface area (Å²) in [6.45, 7) is 0. The minimum atomic E-state index is -1.48. The number of nitriles is 1. The number of carboxylic acids is 1. The summed E-state index contributed by atoms with van der Waals surface area (Å²) in [4.78, 5) is 23.6. The van der Waals surface area contributed by atoms with E-state index < -0.39 is 11.9 Å². The molecule has 0 bridgehead atoms. The van der Waals surface area contributed by atoms with Crippen LogP contribution in [0.5, 0.6) is 0 Å². The molecule has 3 rings (SSSR count). The zero-order valence-corrected chi connectivity index (χ0v) is 15.7. The average Bonchev–Trinajstić information content (AvgIpc) is 3.13. The number of aromatic carboxylic acids is 1. The van der Waals surface area contributed by atoms with Gasteiger partial charge in [0.25, 0.3) is 5.91 Å². The highest BCUT2D eigenvalue weighted by molar-refractivity contribution is 9.10. The van der Waals surface area contributed by atoms with Crippen molar-refractivity contribution in [1.29, 1.82) is 5.26 Å². The number of carbonyl (C=O) groups is 2. The quantitative estimate of drug-likeness (QED) is 0.656. The van der Waals surface area contributed by atoms with Crippen molar-refractivity contribution in [3.05, 3.63) is 69.0 Å². The van der Waals surface area contributed by atoms with Crippen LogP contribution in [-0.2, 0) is 0 Å². The van der Waals surface area contributed by atoms with Crippen LogP contribution in [0, 0.1) is 11.3 Å². The zero-order chi connectivity index (χ0) is 19.6. The molecule has 0 saturated heterocycles. The highest BCUT2D eigenvalue weighted by atomic mass is 79.9. The number of amides is 1. The predicted molar refractivity (Wildman–Crippen MR) is 97.5 cm³/mol. The minimum Gasteiger partial charge on any atom is -0.545 e. The van der Waals surface area contributed by atoms with Crippen molar-refractivity contribution < 1.29 is 14.7 Å². The predicted octanol–water partition coefficient (Wildman–Crippen LogP) is 2.17. The second-order valence-electron chi connectivity index (χ2n) is 5.25. The van der Waals surface area contributed by atoms with Crippen LogP contribution >= 0.6 is 27.5 Å². The smallest absolute Gasteiger partial charge is 0.276 e. The third-order valence-corrected chi connectivity index (χ3v) is 4.70. The van der Waals surface area contributed by atoms with Gasteiger partial charge in [-0.15, -0.1) is 10.2 Å². The van der Waals surface area contributed by atoms with Crippen LogP contribution in [0.2, 0.25) is 5.02 Å². The van der Waals surface area contributed by atoms with Crippen LogP contribution in [0.25, 0.3) is 5.82 Å². The lowest BCUT2D eigenvalue weighted by Crippen LogP contribution is -2.25. The van der Waals surface area contributed by atoms with E-state index in [1.807, 2.05) is 6.07 Å². The highest BCUT2D eigenvalue weighted by Gasteiger charge is 2.14. The van der Waals surface area contributed by atoms with Gasteiger partial charge in [0.2, 0.25) is 0 Å². The number of aromatic nitrogens is 3. The van der Waals surface area contributed by atoms with E-state index in [9.17, 15) is 14.7 Å². The van der Waals surface area contributed by atoms with E-state index in [4.69, 9.17) is 16.9 Å². The molecule has 10 heteroatoms. The number of halogens is 2. The van der Waals surface area contributed by atoms with Gasteiger partial charge in [0.15, 0.2) is 11.5 Å². The van der Waals surface area contributed by atoms with Crippen LogP contribution in [0.15, 0.2) is 47.2 Å². The second-order valence-corrected chi connectivity index (χ2v) is 6.51. The maximum absolute atomic E-state index is 12.4. The molecule has 0 aliphatic heterocycles. The molecular formula is C17H8BrClN5O3-. The average molecular weight is 446 g/mol. The Morgan fingerprint density at radius 1 is 1.26 bits per heavy atom. The van der Waals surface area contributed by atoms with Gasteiger partial charge in [0.05, 0.1) is 22.2 Å². The largest absolute Gasteiger partial charge is 0.545 e. The summed E-state index contributed by atoms with van der Waals surface area (Å²) >= 11 is 9.04. The molecule has 0 aliphatic carbocycles. The number of nitrogens with one attached hydrogen (secondary N) is 1. The summed E-state index contributed by atoms with van der Waals surface area (Å²) in [6.07, 6.45) is 3.21. The van der Waals surface area contributed by atoms with Gasteiger partial charge in [-0.25, -0.2) is 0 Å². The van der Waals surface area contributed by atoms with Crippen LogP contribution < -0.4 is 10.4 Å². The van der Waals surface area contributed by atoms with E-state index in [1.54, 1.807) is 29.1 Å². The van der Waals surface area contributed by atoms with E-state index in [1.165, 1.54) is 18.2 Å². The Kier molecular flexibility index (Phi) is 5.21. The SMILES string of the molecule is N#Cc1ccn(-c2ccc(C(=O)Nc3cc(Br)c(Cl)cc3C(=O)[O-])nn2)c1. The number of benzene rings is 1. The number of hydrogen-bond acceptors (Lipinski definition) is 6. The number of rotatable bonds is 4. The molecule has 1 N–H and O–H groups in total. The summed E-state index contributed by atoms with van der Waals surface area (Å²) < 4.78 is 1.99. The summed E-state index contributed by atoms with van der Waals surface area (Å²) in [5.41, 5.74) is 0.173. The Bertz CT molecular complexity index is 1090. The third-order valence-electron chi connectivity index (χ3n) is 3.50. The Morgan fingerprint density at radius 3 is 2.63 bits per heavy atom. The first-order chi connectivity index (χ1) is 12.9. The van der Waals surface area contributed by atoms with Gasteiger partial charge in [-0.3, -0.25) is 4.79 Å². The number of nitrogens with zero attached hydrogens (tertiary/aromatic N) is 4. The molecule has 0 radical (unpaired) electrons. The van der Waals surface area contributed by atoms with Crippen LogP contribution in [-0.4, -0.2) is 26.6 Å². The maximum Gasteiger partial charge on any atom is 0.276 e. The third kappa shape index (κ3) is 3.97. The summed E-state index contributed by atoms with van der Waals surface area (Å²) in [5, 5.41) is 30.5. The van der Waals surface area contributed by atoms with Gasteiger partial charge in [0, 0.05) is 22.4 Å². The summed E-state index contributed by atoms with van der Waals surface area (Å²) in [6, 6.07) is 9.11. The Balaban J connectivity index is 1.84. The number of anilines is 1. The highest BCUT2D eigenvalue weighted by Crippen LogP contribution is 2.29. The molecule has 2 aromatic heterocycles. The lowest BCUT2D eigenvalue weighted by Gasteiger charge is -2.13. The Hall–Kier alpha value is -3.22. The molecule has 0 spiro atoms. The van der Waals surface area contributed by atoms with Gasteiger partial charge < -0.3 is 19.8 Å². The van der Waals surface area contributed by atoms with Crippen molar-refractivity contribution in [1.82, 2.24) is 14.8 Å². The normalized spacial score (nSPS) is 10.3. The van der Waals surface area contributed by atoms with E-state index in [0.717, 1.165) is 0 Å². The number of hydrogen-bond donors (Lipinski definition) is 1. The van der Waals surface area contributed by atoms with Crippen LogP contribution in [0.1, 0.15) is 26.4 Å². The van der Waals surface area contributed by atoms with Gasteiger partial charge in [0.1, 0.15) is 6.07 Å². The van der Waals surface area contributed by atoms with Crippen molar-refractivity contribution >= 4 is 45.1 Å². The molecule has 0 saturated carbocycles. The zero-order valence-electron chi connectivity index (χ0n) is 13.3. The molecule has 0 unspecified atom stereocenters. The number of carboxylic acid groups (broad SMARTS) is 1. The van der Waals surface area contributed by atoms with Gasteiger partial charge in [-0.05, 0) is 46.3 Å². The van der Waals surface area contributed by atoms with Crippen molar-refractivity contribution in [2.75, 3.05) is 5.32 Å². The van der Waals surface area contributed by atoms with Gasteiger partial charge in [-0.1, -0.05) is 11.6 Å². The van der Waals surface area contributed by atoms with Crippen molar-refractivity contribution in [2.45, 2.75) is 0 Å². The second kappa shape index (κ2) is 7.57. The van der Waals surface area contributed by atoms with E-state index >= 15 is 0 Å². The Labute approximate surface area is 166 Å². The fourth-order valence-corrected chi connectivity index (χ4v) is 2.70. The van der Waals surface area contributed by atoms with Gasteiger partial charge >= 0.3 is 0 Å². The molecule has 3 aromatic rings. The molecule has 134 valence electrons. The van der Waals surface area contributed by atoms with E-state index in [2.05, 4.69) is 31.4 Å². The molecule has 1 aromatic carbocycles. The molecular weight excluding hydrogens is 438 g/mol. The van der Waals surface area contributed by atoms with Crippen molar-refractivity contribution in [3.63, 3.8) is 0 Å². The Morgan fingerprint density at radius 2 is 2.04 bits per heavy atom. The standard InChI is InChI=1S/C17H9BrClN5O3/c18-11-6-14(10(17(26)27)5-12(11)19)21-16(25)13-1-2-15(23-22-13)24-4-3-9(7-20)8-24/h1-6,8H,(H,21,25)(H,26,27)/p-1. The van der Waals surface area contributed by atoms with E-state index in [0.29, 0.717) is 15.9 Å². The summed E-state index contributed by atoms with van der Waals surface area (Å²) in [5.74, 6) is -1.73. The molecule has 27 heavy (non-hydrogen) atoms. The first kappa shape index (κ1) is 18.6. The lowest BCUT2D eigenvalue weighted by molar-refractivity contribution is -0.254. The fraction of sp³-hybridized carbons (Fsp3) is 0. The molecule has 1 amide bonds. The number of carbonyl (C=O) groups excluding carboxylic acids is 2. The van der Waals surface area contributed by atoms with Gasteiger partial charge in [-0.2, -0.15) is 5.26 Å². The van der Waals surface area contributed by atoms with E-state index in [-0.39, 0.29) is 22.0 Å². The van der Waals surface area contributed by atoms with Crippen LogP contribution in [0.4, 0.5) is 5.69 Å². The van der Waals surface area contributed by atoms with Crippen molar-refractivity contribution in [3.8, 4) is 11.9 Å². The fourth-order valence-electron chi connectivity index (χ4n) is 2.19. The first-order valence-electron chi connectivity index (χ1n) is 7.33. The molecule has 2 heterocycles. The van der Waals surface area contributed by atoms with Crippen molar-refractivity contribution in [2.24, 2.45) is 0 Å². The topological polar surface area (TPSA) is 124 Å². The molecule has 0 atom stereocenters.